The number of anilines is 2. The maximum Gasteiger partial charge on any atom is 0.168 e. The summed E-state index contributed by atoms with van der Waals surface area (Å²) in [4.78, 5) is 3.96. The fraction of sp³-hybridized carbons (Fsp3) is 0.357. The molecule has 0 fully saturated rings. The second-order valence-electron chi connectivity index (χ2n) is 4.38. The first-order valence-corrected chi connectivity index (χ1v) is 7.50. The maximum atomic E-state index is 13.6. The predicted octanol–water partition coefficient (Wildman–Crippen LogP) is 3.90. The van der Waals surface area contributed by atoms with Gasteiger partial charge >= 0.3 is 0 Å². The van der Waals surface area contributed by atoms with E-state index in [9.17, 15) is 8.78 Å². The molecule has 2 rings (SSSR count). The van der Waals surface area contributed by atoms with Crippen LogP contribution < -0.4 is 10.6 Å². The van der Waals surface area contributed by atoms with Crippen LogP contribution in [0.4, 0.5) is 20.4 Å². The number of pyridine rings is 1. The van der Waals surface area contributed by atoms with Gasteiger partial charge in [-0.05, 0) is 35.2 Å². The van der Waals surface area contributed by atoms with E-state index in [0.29, 0.717) is 13.1 Å². The Bertz CT molecular complexity index is 544. The summed E-state index contributed by atoms with van der Waals surface area (Å²) in [6, 6.07) is 2.88. The van der Waals surface area contributed by atoms with Gasteiger partial charge in [-0.1, -0.05) is 6.92 Å². The molecule has 0 unspecified atom stereocenters. The van der Waals surface area contributed by atoms with E-state index in [4.69, 9.17) is 0 Å². The summed E-state index contributed by atoms with van der Waals surface area (Å²) in [5.74, 6) is -1.17. The Morgan fingerprint density at radius 1 is 1.15 bits per heavy atom. The van der Waals surface area contributed by atoms with E-state index < -0.39 is 11.6 Å². The number of hydrogen-bond acceptors (Lipinski definition) is 4. The minimum absolute atomic E-state index is 0.0835. The van der Waals surface area contributed by atoms with E-state index in [-0.39, 0.29) is 11.6 Å². The highest BCUT2D eigenvalue weighted by molar-refractivity contribution is 7.07. The van der Waals surface area contributed by atoms with Gasteiger partial charge in [0.05, 0.1) is 0 Å². The molecule has 2 N–H and O–H groups in total. The number of hydrogen-bond donors (Lipinski definition) is 2. The van der Waals surface area contributed by atoms with Gasteiger partial charge in [-0.15, -0.1) is 0 Å². The van der Waals surface area contributed by atoms with Crippen LogP contribution >= 0.6 is 11.3 Å². The fourth-order valence-corrected chi connectivity index (χ4v) is 2.42. The Labute approximate surface area is 121 Å². The van der Waals surface area contributed by atoms with Crippen molar-refractivity contribution in [2.45, 2.75) is 19.8 Å². The molecule has 2 aromatic rings. The lowest BCUT2D eigenvalue weighted by Crippen LogP contribution is -2.11. The van der Waals surface area contributed by atoms with Crippen molar-refractivity contribution in [3.05, 3.63) is 40.1 Å². The molecule has 2 heterocycles. The van der Waals surface area contributed by atoms with Crippen molar-refractivity contribution < 1.29 is 8.78 Å². The van der Waals surface area contributed by atoms with E-state index >= 15 is 0 Å². The highest BCUT2D eigenvalue weighted by Gasteiger charge is 2.11. The largest absolute Gasteiger partial charge is 0.368 e. The molecule has 108 valence electrons. The third-order valence-corrected chi connectivity index (χ3v) is 3.49. The maximum absolute atomic E-state index is 13.6. The zero-order valence-electron chi connectivity index (χ0n) is 11.2. The van der Waals surface area contributed by atoms with Crippen LogP contribution in [0, 0.1) is 11.6 Å². The van der Waals surface area contributed by atoms with Crippen LogP contribution in [0.1, 0.15) is 18.9 Å². The van der Waals surface area contributed by atoms with E-state index in [1.807, 2.05) is 23.8 Å². The first-order chi connectivity index (χ1) is 9.70. The molecule has 0 saturated heterocycles. The molecule has 0 atom stereocenters. The predicted molar refractivity (Wildman–Crippen MR) is 79.4 cm³/mol. The van der Waals surface area contributed by atoms with Gasteiger partial charge in [-0.3, -0.25) is 0 Å². The SMILES string of the molecule is CCCNc1nc(NCCc2ccsc2)c(F)cc1F. The quantitative estimate of drug-likeness (QED) is 0.814. The number of halogens is 2. The number of nitrogens with one attached hydrogen (secondary N) is 2. The van der Waals surface area contributed by atoms with E-state index in [2.05, 4.69) is 15.6 Å². The smallest absolute Gasteiger partial charge is 0.168 e. The first-order valence-electron chi connectivity index (χ1n) is 6.55. The van der Waals surface area contributed by atoms with E-state index in [1.54, 1.807) is 11.3 Å². The third-order valence-electron chi connectivity index (χ3n) is 2.76. The fourth-order valence-electron chi connectivity index (χ4n) is 1.72. The van der Waals surface area contributed by atoms with Gasteiger partial charge in [-0.25, -0.2) is 13.8 Å². The average molecular weight is 297 g/mol. The normalized spacial score (nSPS) is 10.6. The molecule has 0 saturated carbocycles. The third kappa shape index (κ3) is 3.90. The van der Waals surface area contributed by atoms with Crippen LogP contribution in [0.15, 0.2) is 22.9 Å². The van der Waals surface area contributed by atoms with Gasteiger partial charge in [0.15, 0.2) is 23.3 Å². The number of aromatic nitrogens is 1. The Hall–Kier alpha value is -1.69. The summed E-state index contributed by atoms with van der Waals surface area (Å²) in [5, 5.41) is 9.80. The van der Waals surface area contributed by atoms with Gasteiger partial charge < -0.3 is 10.6 Å². The van der Waals surface area contributed by atoms with Crippen LogP contribution in [0.2, 0.25) is 0 Å². The lowest BCUT2D eigenvalue weighted by molar-refractivity contribution is 0.577. The summed E-state index contributed by atoms with van der Waals surface area (Å²) in [6.07, 6.45) is 1.62. The minimum Gasteiger partial charge on any atom is -0.368 e. The van der Waals surface area contributed by atoms with Gasteiger partial charge in [0.25, 0.3) is 0 Å². The lowest BCUT2D eigenvalue weighted by Gasteiger charge is -2.10. The molecule has 0 aliphatic carbocycles. The molecule has 0 amide bonds. The topological polar surface area (TPSA) is 37.0 Å². The van der Waals surface area contributed by atoms with Gasteiger partial charge in [-0.2, -0.15) is 11.3 Å². The number of nitrogens with zero attached hydrogens (tertiary/aromatic N) is 1. The minimum atomic E-state index is -0.671. The summed E-state index contributed by atoms with van der Waals surface area (Å²) < 4.78 is 27.1. The Kier molecular flexibility index (Phi) is 5.29. The van der Waals surface area contributed by atoms with Crippen molar-refractivity contribution in [2.24, 2.45) is 0 Å². The summed E-state index contributed by atoms with van der Waals surface area (Å²) in [5.41, 5.74) is 1.19. The zero-order chi connectivity index (χ0) is 14.4. The van der Waals surface area contributed by atoms with E-state index in [1.165, 1.54) is 5.56 Å². The van der Waals surface area contributed by atoms with Crippen molar-refractivity contribution in [1.82, 2.24) is 4.98 Å². The molecule has 0 radical (unpaired) electrons. The second kappa shape index (κ2) is 7.19. The molecule has 0 aromatic carbocycles. The Morgan fingerprint density at radius 3 is 2.45 bits per heavy atom. The van der Waals surface area contributed by atoms with E-state index in [0.717, 1.165) is 18.9 Å². The highest BCUT2D eigenvalue weighted by atomic mass is 32.1. The van der Waals surface area contributed by atoms with Crippen molar-refractivity contribution in [3.8, 4) is 0 Å². The molecule has 3 nitrogen and oxygen atoms in total. The number of thiophene rings is 1. The summed E-state index contributed by atoms with van der Waals surface area (Å²) in [7, 11) is 0. The van der Waals surface area contributed by atoms with Crippen LogP contribution in [0.5, 0.6) is 0 Å². The average Bonchev–Trinajstić information content (AvgIpc) is 2.93. The highest BCUT2D eigenvalue weighted by Crippen LogP contribution is 2.19. The van der Waals surface area contributed by atoms with Crippen molar-refractivity contribution in [1.29, 1.82) is 0 Å². The van der Waals surface area contributed by atoms with Gasteiger partial charge in [0.2, 0.25) is 0 Å². The van der Waals surface area contributed by atoms with Crippen LogP contribution in [0.3, 0.4) is 0 Å². The summed E-state index contributed by atoms with van der Waals surface area (Å²) >= 11 is 1.63. The molecular weight excluding hydrogens is 280 g/mol. The molecular formula is C14H17F2N3S. The van der Waals surface area contributed by atoms with Crippen molar-refractivity contribution >= 4 is 23.0 Å². The first kappa shape index (κ1) is 14.7. The monoisotopic (exact) mass is 297 g/mol. The van der Waals surface area contributed by atoms with Crippen LogP contribution in [-0.4, -0.2) is 18.1 Å². The lowest BCUT2D eigenvalue weighted by atomic mass is 10.2. The van der Waals surface area contributed by atoms with Crippen LogP contribution in [0.25, 0.3) is 0 Å². The molecule has 0 aliphatic heterocycles. The van der Waals surface area contributed by atoms with Gasteiger partial charge in [0, 0.05) is 19.2 Å². The molecule has 0 spiro atoms. The van der Waals surface area contributed by atoms with Crippen LogP contribution in [-0.2, 0) is 6.42 Å². The van der Waals surface area contributed by atoms with Crippen molar-refractivity contribution in [2.75, 3.05) is 23.7 Å². The van der Waals surface area contributed by atoms with Crippen molar-refractivity contribution in [3.63, 3.8) is 0 Å². The standard InChI is InChI=1S/C14H17F2N3S/c1-2-5-17-13-11(15)8-12(16)14(19-13)18-6-3-10-4-7-20-9-10/h4,7-9H,2-3,5-6H2,1H3,(H2,17,18,19). The molecule has 0 bridgehead atoms. The van der Waals surface area contributed by atoms with Gasteiger partial charge in [0.1, 0.15) is 0 Å². The molecule has 6 heteroatoms. The molecule has 2 aromatic heterocycles. The second-order valence-corrected chi connectivity index (χ2v) is 5.16. The summed E-state index contributed by atoms with van der Waals surface area (Å²) in [6.45, 7) is 3.12. The molecule has 20 heavy (non-hydrogen) atoms. The Morgan fingerprint density at radius 2 is 1.85 bits per heavy atom. The Balaban J connectivity index is 1.99. The number of rotatable bonds is 7. The molecule has 0 aliphatic rings. The zero-order valence-corrected chi connectivity index (χ0v) is 12.1.